The molecule has 2 N–H and O–H groups in total. The van der Waals surface area contributed by atoms with Crippen LogP contribution in [-0.2, 0) is 4.79 Å². The van der Waals surface area contributed by atoms with Crippen molar-refractivity contribution in [3.63, 3.8) is 0 Å². The van der Waals surface area contributed by atoms with Crippen molar-refractivity contribution in [1.29, 1.82) is 0 Å². The van der Waals surface area contributed by atoms with E-state index in [0.29, 0.717) is 5.92 Å². The summed E-state index contributed by atoms with van der Waals surface area (Å²) in [7, 11) is 0. The third-order valence-electron chi connectivity index (χ3n) is 7.10. The number of unbranched alkanes of at least 4 members (excludes halogenated alkanes) is 1. The van der Waals surface area contributed by atoms with Crippen LogP contribution in [0.5, 0.6) is 0 Å². The molecule has 0 heterocycles. The number of carbonyl (C=O) groups is 1. The first kappa shape index (κ1) is 19.7. The van der Waals surface area contributed by atoms with Gasteiger partial charge in [0, 0.05) is 6.42 Å². The monoisotopic (exact) mass is 360 g/mol. The zero-order valence-corrected chi connectivity index (χ0v) is 16.1. The Morgan fingerprint density at radius 2 is 1.85 bits per heavy atom. The normalized spacial score (nSPS) is 33.0. The van der Waals surface area contributed by atoms with E-state index in [2.05, 4.69) is 24.3 Å². The molecule has 3 rings (SSSR count). The highest BCUT2D eigenvalue weighted by molar-refractivity contribution is 5.66. The van der Waals surface area contributed by atoms with E-state index in [1.165, 1.54) is 44.9 Å². The van der Waals surface area contributed by atoms with Gasteiger partial charge in [-0.2, -0.15) is 0 Å². The van der Waals surface area contributed by atoms with E-state index in [1.54, 1.807) is 0 Å². The van der Waals surface area contributed by atoms with Gasteiger partial charge in [-0.3, -0.25) is 4.79 Å². The maximum atomic E-state index is 10.6. The van der Waals surface area contributed by atoms with Gasteiger partial charge in [-0.05, 0) is 74.5 Å². The highest BCUT2D eigenvalue weighted by Crippen LogP contribution is 2.54. The van der Waals surface area contributed by atoms with E-state index in [0.717, 1.165) is 49.4 Å². The zero-order chi connectivity index (χ0) is 18.4. The number of hydrogen-bond acceptors (Lipinski definition) is 2. The lowest BCUT2D eigenvalue weighted by atomic mass is 9.77. The van der Waals surface area contributed by atoms with E-state index in [1.807, 2.05) is 0 Å². The Labute approximate surface area is 158 Å². The number of hydrogen-bond donors (Lipinski definition) is 2. The fourth-order valence-electron chi connectivity index (χ4n) is 5.77. The second kappa shape index (κ2) is 9.73. The molecule has 3 nitrogen and oxygen atoms in total. The molecule has 0 amide bonds. The Balaban J connectivity index is 1.46. The Morgan fingerprint density at radius 1 is 1.08 bits per heavy atom. The summed E-state index contributed by atoms with van der Waals surface area (Å²) >= 11 is 0. The summed E-state index contributed by atoms with van der Waals surface area (Å²) in [5.41, 5.74) is 0. The molecule has 0 saturated heterocycles. The fourth-order valence-corrected chi connectivity index (χ4v) is 5.77. The average molecular weight is 361 g/mol. The Kier molecular flexibility index (Phi) is 7.36. The average Bonchev–Trinajstić information content (AvgIpc) is 3.33. The third-order valence-corrected chi connectivity index (χ3v) is 7.10. The minimum Gasteiger partial charge on any atom is -0.481 e. The number of aliphatic hydroxyl groups is 1. The van der Waals surface area contributed by atoms with E-state index < -0.39 is 5.97 Å². The van der Waals surface area contributed by atoms with Crippen molar-refractivity contribution in [2.75, 3.05) is 0 Å². The van der Waals surface area contributed by atoms with Crippen molar-refractivity contribution in [2.45, 2.75) is 83.2 Å². The summed E-state index contributed by atoms with van der Waals surface area (Å²) in [6.45, 7) is 0. The number of aliphatic carboxylic acids is 1. The van der Waals surface area contributed by atoms with Crippen molar-refractivity contribution < 1.29 is 15.0 Å². The van der Waals surface area contributed by atoms with Gasteiger partial charge in [0.2, 0.25) is 0 Å². The van der Waals surface area contributed by atoms with Crippen LogP contribution in [0.15, 0.2) is 24.3 Å². The van der Waals surface area contributed by atoms with Gasteiger partial charge in [-0.1, -0.05) is 50.0 Å². The SMILES string of the molecule is O=C(O)CCCC=CC[C@@H]1[C@@H]2CC[C@@H](C2)[C@@H]1C=CC(O)CC1CCCC1. The largest absolute Gasteiger partial charge is 0.481 e. The molecule has 2 bridgehead atoms. The zero-order valence-electron chi connectivity index (χ0n) is 16.1. The van der Waals surface area contributed by atoms with Crippen molar-refractivity contribution in [2.24, 2.45) is 29.6 Å². The summed E-state index contributed by atoms with van der Waals surface area (Å²) in [4.78, 5) is 10.6. The second-order valence-electron chi connectivity index (χ2n) is 8.91. The molecule has 1 unspecified atom stereocenters. The van der Waals surface area contributed by atoms with Crippen LogP contribution < -0.4 is 0 Å². The number of carboxylic acids is 1. The van der Waals surface area contributed by atoms with Gasteiger partial charge in [0.1, 0.15) is 0 Å². The number of fused-ring (bicyclic) bond motifs is 2. The molecule has 0 aliphatic heterocycles. The van der Waals surface area contributed by atoms with Crippen LogP contribution in [-0.4, -0.2) is 22.3 Å². The van der Waals surface area contributed by atoms with Gasteiger partial charge >= 0.3 is 5.97 Å². The summed E-state index contributed by atoms with van der Waals surface area (Å²) in [5, 5.41) is 19.1. The first-order valence-electron chi connectivity index (χ1n) is 10.9. The molecule has 5 atom stereocenters. The van der Waals surface area contributed by atoms with Crippen LogP contribution in [0, 0.1) is 29.6 Å². The Hall–Kier alpha value is -1.09. The third kappa shape index (κ3) is 5.45. The van der Waals surface area contributed by atoms with Crippen molar-refractivity contribution in [3.05, 3.63) is 24.3 Å². The van der Waals surface area contributed by atoms with Crippen LogP contribution in [0.2, 0.25) is 0 Å². The van der Waals surface area contributed by atoms with Gasteiger partial charge < -0.3 is 10.2 Å². The Morgan fingerprint density at radius 3 is 2.62 bits per heavy atom. The summed E-state index contributed by atoms with van der Waals surface area (Å²) < 4.78 is 0. The van der Waals surface area contributed by atoms with E-state index in [9.17, 15) is 9.90 Å². The molecule has 3 saturated carbocycles. The van der Waals surface area contributed by atoms with Gasteiger partial charge in [0.25, 0.3) is 0 Å². The molecule has 3 aliphatic carbocycles. The van der Waals surface area contributed by atoms with Gasteiger partial charge in [0.05, 0.1) is 6.10 Å². The lowest BCUT2D eigenvalue weighted by molar-refractivity contribution is -0.137. The first-order valence-corrected chi connectivity index (χ1v) is 10.9. The lowest BCUT2D eigenvalue weighted by Crippen LogP contribution is -2.21. The Bertz CT molecular complexity index is 504. The number of rotatable bonds is 10. The molecule has 3 fully saturated rings. The molecule has 146 valence electrons. The predicted octanol–water partition coefficient (Wildman–Crippen LogP) is 5.35. The van der Waals surface area contributed by atoms with Crippen molar-refractivity contribution in [3.8, 4) is 0 Å². The number of allylic oxidation sites excluding steroid dienone is 3. The molecule has 3 heteroatoms. The molecule has 0 aromatic carbocycles. The summed E-state index contributed by atoms with van der Waals surface area (Å²) in [6, 6.07) is 0. The highest BCUT2D eigenvalue weighted by Gasteiger charge is 2.45. The van der Waals surface area contributed by atoms with Crippen LogP contribution in [0.25, 0.3) is 0 Å². The van der Waals surface area contributed by atoms with Crippen LogP contribution in [0.3, 0.4) is 0 Å². The fraction of sp³-hybridized carbons (Fsp3) is 0.783. The van der Waals surface area contributed by atoms with E-state index in [-0.39, 0.29) is 12.5 Å². The second-order valence-corrected chi connectivity index (χ2v) is 8.91. The first-order chi connectivity index (χ1) is 12.6. The summed E-state index contributed by atoms with van der Waals surface area (Å²) in [6.07, 6.45) is 22.0. The lowest BCUT2D eigenvalue weighted by Gasteiger charge is -2.28. The van der Waals surface area contributed by atoms with Crippen LogP contribution in [0.4, 0.5) is 0 Å². The van der Waals surface area contributed by atoms with Crippen molar-refractivity contribution in [1.82, 2.24) is 0 Å². The standard InChI is InChI=1S/C23H36O3/c24-20(15-17-7-5-6-8-17)13-14-22-19-12-11-18(16-19)21(22)9-3-1-2-4-10-23(25)26/h1,3,13-14,17-22,24H,2,4-12,15-16H2,(H,25,26)/t18-,19+,20?,21-,22+/m1/s1. The molecule has 26 heavy (non-hydrogen) atoms. The quantitative estimate of drug-likeness (QED) is 0.408. The molecular formula is C23H36O3. The summed E-state index contributed by atoms with van der Waals surface area (Å²) in [5.74, 6) is 3.06. The van der Waals surface area contributed by atoms with Gasteiger partial charge in [-0.25, -0.2) is 0 Å². The molecule has 0 spiro atoms. The smallest absolute Gasteiger partial charge is 0.303 e. The predicted molar refractivity (Wildman–Crippen MR) is 105 cm³/mol. The maximum absolute atomic E-state index is 10.6. The number of aliphatic hydroxyl groups excluding tert-OH is 1. The molecule has 3 aliphatic rings. The molecular weight excluding hydrogens is 324 g/mol. The van der Waals surface area contributed by atoms with Gasteiger partial charge in [-0.15, -0.1) is 0 Å². The molecule has 0 radical (unpaired) electrons. The van der Waals surface area contributed by atoms with Gasteiger partial charge in [0.15, 0.2) is 0 Å². The topological polar surface area (TPSA) is 57.5 Å². The number of carboxylic acid groups (broad SMARTS) is 1. The van der Waals surface area contributed by atoms with E-state index in [4.69, 9.17) is 5.11 Å². The minimum atomic E-state index is -0.701. The van der Waals surface area contributed by atoms with E-state index >= 15 is 0 Å². The van der Waals surface area contributed by atoms with Crippen LogP contribution in [0.1, 0.15) is 77.0 Å². The highest BCUT2D eigenvalue weighted by atomic mass is 16.4. The maximum Gasteiger partial charge on any atom is 0.303 e. The van der Waals surface area contributed by atoms with Crippen LogP contribution >= 0.6 is 0 Å². The van der Waals surface area contributed by atoms with Crippen molar-refractivity contribution >= 4 is 5.97 Å². The molecule has 0 aromatic heterocycles. The molecule has 0 aromatic rings. The minimum absolute atomic E-state index is 0.260.